The van der Waals surface area contributed by atoms with Crippen molar-refractivity contribution in [2.45, 2.75) is 18.8 Å². The molecule has 0 amide bonds. The highest BCUT2D eigenvalue weighted by atomic mass is 16.6. The second kappa shape index (κ2) is 6.44. The molecule has 0 aliphatic carbocycles. The van der Waals surface area contributed by atoms with Gasteiger partial charge in [0.2, 0.25) is 0 Å². The molecule has 1 fully saturated rings. The van der Waals surface area contributed by atoms with E-state index in [1.165, 1.54) is 12.1 Å². The number of hydrogen-bond donors (Lipinski definition) is 0. The van der Waals surface area contributed by atoms with Gasteiger partial charge in [-0.2, -0.15) is 5.26 Å². The molecule has 8 nitrogen and oxygen atoms in total. The summed E-state index contributed by atoms with van der Waals surface area (Å²) < 4.78 is 2.02. The Bertz CT molecular complexity index is 1010. The van der Waals surface area contributed by atoms with Crippen molar-refractivity contribution in [2.75, 3.05) is 18.0 Å². The maximum absolute atomic E-state index is 10.9. The molecule has 0 N–H and O–H groups in total. The smallest absolute Gasteiger partial charge is 0.270 e. The summed E-state index contributed by atoms with van der Waals surface area (Å²) in [4.78, 5) is 12.5. The Kier molecular flexibility index (Phi) is 3.97. The molecule has 4 rings (SSSR count). The van der Waals surface area contributed by atoms with Crippen molar-refractivity contribution in [3.8, 4) is 6.07 Å². The summed E-state index contributed by atoms with van der Waals surface area (Å²) in [5.74, 6) is 1.26. The molecule has 3 aromatic rings. The van der Waals surface area contributed by atoms with E-state index in [0.717, 1.165) is 43.1 Å². The molecular weight excluding hydrogens is 332 g/mol. The molecule has 0 bridgehead atoms. The number of benzene rings is 1. The van der Waals surface area contributed by atoms with Gasteiger partial charge in [-0.15, -0.1) is 10.2 Å². The zero-order valence-electron chi connectivity index (χ0n) is 13.9. The summed E-state index contributed by atoms with van der Waals surface area (Å²) >= 11 is 0. The normalized spacial score (nSPS) is 15.1. The van der Waals surface area contributed by atoms with E-state index in [9.17, 15) is 15.4 Å². The second-order valence-electron chi connectivity index (χ2n) is 6.32. The van der Waals surface area contributed by atoms with Gasteiger partial charge >= 0.3 is 0 Å². The van der Waals surface area contributed by atoms with Crippen LogP contribution in [0.5, 0.6) is 0 Å². The largest absolute Gasteiger partial charge is 0.370 e. The average Bonchev–Trinajstić information content (AvgIpc) is 3.11. The number of anilines is 1. The van der Waals surface area contributed by atoms with Gasteiger partial charge in [0.15, 0.2) is 5.65 Å². The first-order valence-corrected chi connectivity index (χ1v) is 8.40. The Morgan fingerprint density at radius 2 is 2.00 bits per heavy atom. The average molecular weight is 348 g/mol. The van der Waals surface area contributed by atoms with Crippen molar-refractivity contribution in [3.63, 3.8) is 0 Å². The van der Waals surface area contributed by atoms with E-state index in [0.29, 0.717) is 11.5 Å². The lowest BCUT2D eigenvalue weighted by Gasteiger charge is -2.33. The van der Waals surface area contributed by atoms with Crippen LogP contribution in [0.2, 0.25) is 0 Å². The number of piperidine rings is 1. The quantitative estimate of drug-likeness (QED) is 0.533. The third-order valence-corrected chi connectivity index (χ3v) is 4.85. The minimum absolute atomic E-state index is 0.0601. The first-order valence-electron chi connectivity index (χ1n) is 8.40. The van der Waals surface area contributed by atoms with Crippen LogP contribution in [-0.2, 0) is 0 Å². The topological polar surface area (TPSA) is 100 Å². The highest BCUT2D eigenvalue weighted by Crippen LogP contribution is 2.32. The second-order valence-corrected chi connectivity index (χ2v) is 6.32. The van der Waals surface area contributed by atoms with Gasteiger partial charge in [0.1, 0.15) is 11.9 Å². The van der Waals surface area contributed by atoms with Gasteiger partial charge in [0, 0.05) is 37.3 Å². The Hall–Kier alpha value is -3.47. The summed E-state index contributed by atoms with van der Waals surface area (Å²) in [5, 5.41) is 28.8. The number of nitro benzene ring substituents is 1. The first kappa shape index (κ1) is 16.0. The van der Waals surface area contributed by atoms with Crippen molar-refractivity contribution in [3.05, 3.63) is 64.1 Å². The molecule has 1 aromatic carbocycles. The van der Waals surface area contributed by atoms with Crippen LogP contribution in [0.4, 0.5) is 11.4 Å². The molecule has 1 aliphatic rings. The number of aromatic nitrogens is 3. The van der Waals surface area contributed by atoms with E-state index in [2.05, 4.69) is 21.2 Å². The number of nitrogens with zero attached hydrogens (tertiary/aromatic N) is 6. The lowest BCUT2D eigenvalue weighted by molar-refractivity contribution is -0.384. The standard InChI is InChI=1S/C18H16N6O2/c19-12-14-11-15(24(25)26)4-5-16(14)22-9-6-13(7-10-22)18-21-20-17-3-1-2-8-23(17)18/h1-5,8,11,13H,6-7,9-10H2. The SMILES string of the molecule is N#Cc1cc([N+](=O)[O-])ccc1N1CCC(c2nnc3ccccn23)CC1. The number of pyridine rings is 1. The van der Waals surface area contributed by atoms with E-state index in [4.69, 9.17) is 0 Å². The Morgan fingerprint density at radius 1 is 1.19 bits per heavy atom. The number of rotatable bonds is 3. The molecule has 0 spiro atoms. The van der Waals surface area contributed by atoms with Gasteiger partial charge in [-0.3, -0.25) is 14.5 Å². The van der Waals surface area contributed by atoms with Crippen molar-refractivity contribution in [1.29, 1.82) is 5.26 Å². The predicted molar refractivity (Wildman–Crippen MR) is 95.0 cm³/mol. The van der Waals surface area contributed by atoms with Gasteiger partial charge in [0.05, 0.1) is 16.2 Å². The summed E-state index contributed by atoms with van der Waals surface area (Å²) in [6, 6.07) is 12.4. The molecule has 8 heteroatoms. The maximum Gasteiger partial charge on any atom is 0.270 e. The molecule has 0 atom stereocenters. The molecule has 130 valence electrons. The Morgan fingerprint density at radius 3 is 2.73 bits per heavy atom. The molecule has 2 aromatic heterocycles. The monoisotopic (exact) mass is 348 g/mol. The predicted octanol–water partition coefficient (Wildman–Crippen LogP) is 2.89. The summed E-state index contributed by atoms with van der Waals surface area (Å²) in [6.07, 6.45) is 3.75. The lowest BCUT2D eigenvalue weighted by Crippen LogP contribution is -2.34. The van der Waals surface area contributed by atoms with E-state index in [1.54, 1.807) is 6.07 Å². The number of hydrogen-bond acceptors (Lipinski definition) is 6. The minimum Gasteiger partial charge on any atom is -0.370 e. The van der Waals surface area contributed by atoms with Crippen molar-refractivity contribution < 1.29 is 4.92 Å². The lowest BCUT2D eigenvalue weighted by atomic mass is 9.95. The van der Waals surface area contributed by atoms with E-state index in [-0.39, 0.29) is 5.69 Å². The fourth-order valence-electron chi connectivity index (χ4n) is 3.52. The zero-order valence-corrected chi connectivity index (χ0v) is 13.9. The zero-order chi connectivity index (χ0) is 18.1. The summed E-state index contributed by atoms with van der Waals surface area (Å²) in [7, 11) is 0. The van der Waals surface area contributed by atoms with Gasteiger partial charge < -0.3 is 4.90 Å². The first-order chi connectivity index (χ1) is 12.7. The van der Waals surface area contributed by atoms with Crippen LogP contribution >= 0.6 is 0 Å². The number of nitriles is 1. The maximum atomic E-state index is 10.9. The van der Waals surface area contributed by atoms with Crippen molar-refractivity contribution in [2.24, 2.45) is 0 Å². The van der Waals surface area contributed by atoms with Crippen molar-refractivity contribution >= 4 is 17.0 Å². The van der Waals surface area contributed by atoms with E-state index in [1.807, 2.05) is 28.8 Å². The van der Waals surface area contributed by atoms with Crippen molar-refractivity contribution in [1.82, 2.24) is 14.6 Å². The fourth-order valence-corrected chi connectivity index (χ4v) is 3.52. The number of non-ortho nitro benzene ring substituents is 1. The Balaban J connectivity index is 1.54. The molecule has 0 unspecified atom stereocenters. The molecule has 0 radical (unpaired) electrons. The van der Waals surface area contributed by atoms with Gasteiger partial charge in [-0.05, 0) is 31.0 Å². The third kappa shape index (κ3) is 2.73. The molecular formula is C18H16N6O2. The highest BCUT2D eigenvalue weighted by molar-refractivity contribution is 5.63. The van der Waals surface area contributed by atoms with Crippen LogP contribution < -0.4 is 4.90 Å². The highest BCUT2D eigenvalue weighted by Gasteiger charge is 2.26. The molecule has 3 heterocycles. The van der Waals surface area contributed by atoms with Crippen LogP contribution in [0.25, 0.3) is 5.65 Å². The Labute approximate surface area is 149 Å². The third-order valence-electron chi connectivity index (χ3n) is 4.85. The summed E-state index contributed by atoms with van der Waals surface area (Å²) in [6.45, 7) is 1.53. The number of fused-ring (bicyclic) bond motifs is 1. The van der Waals surface area contributed by atoms with Gasteiger partial charge in [-0.25, -0.2) is 0 Å². The molecule has 1 saturated heterocycles. The molecule has 1 aliphatic heterocycles. The van der Waals surface area contributed by atoms with Gasteiger partial charge in [-0.1, -0.05) is 6.07 Å². The minimum atomic E-state index is -0.479. The van der Waals surface area contributed by atoms with Crippen LogP contribution in [0.15, 0.2) is 42.6 Å². The van der Waals surface area contributed by atoms with Crippen LogP contribution in [0.1, 0.15) is 30.1 Å². The van der Waals surface area contributed by atoms with Gasteiger partial charge in [0.25, 0.3) is 5.69 Å². The summed E-state index contributed by atoms with van der Waals surface area (Å²) in [5.41, 5.74) is 1.87. The van der Waals surface area contributed by atoms with E-state index < -0.39 is 4.92 Å². The van der Waals surface area contributed by atoms with E-state index >= 15 is 0 Å². The molecule has 0 saturated carbocycles. The van der Waals surface area contributed by atoms with Crippen LogP contribution in [-0.4, -0.2) is 32.6 Å². The number of nitro groups is 1. The molecule has 26 heavy (non-hydrogen) atoms. The van der Waals surface area contributed by atoms with Crippen LogP contribution in [0, 0.1) is 21.4 Å². The fraction of sp³-hybridized carbons (Fsp3) is 0.278. The van der Waals surface area contributed by atoms with Crippen LogP contribution in [0.3, 0.4) is 0 Å².